The lowest BCUT2D eigenvalue weighted by molar-refractivity contribution is -0.132. The van der Waals surface area contributed by atoms with Crippen molar-refractivity contribution < 1.29 is 18.7 Å². The van der Waals surface area contributed by atoms with Crippen LogP contribution in [-0.4, -0.2) is 47.9 Å². The predicted molar refractivity (Wildman–Crippen MR) is 129 cm³/mol. The van der Waals surface area contributed by atoms with Crippen LogP contribution in [0.15, 0.2) is 65.2 Å². The van der Waals surface area contributed by atoms with Crippen LogP contribution in [0.2, 0.25) is 0 Å². The molecule has 0 bridgehead atoms. The Morgan fingerprint density at radius 2 is 1.76 bits per heavy atom. The molecule has 178 valence electrons. The Hall–Kier alpha value is -3.61. The highest BCUT2D eigenvalue weighted by Gasteiger charge is 2.24. The maximum absolute atomic E-state index is 12.7. The molecule has 1 fully saturated rings. The van der Waals surface area contributed by atoms with E-state index >= 15 is 0 Å². The Morgan fingerprint density at radius 3 is 2.47 bits per heavy atom. The number of carbonyl (C=O) groups is 2. The van der Waals surface area contributed by atoms with Crippen molar-refractivity contribution in [2.24, 2.45) is 0 Å². The maximum atomic E-state index is 12.7. The van der Waals surface area contributed by atoms with Gasteiger partial charge in [-0.15, -0.1) is 0 Å². The summed E-state index contributed by atoms with van der Waals surface area (Å²) in [5.41, 5.74) is 2.08. The lowest BCUT2D eigenvalue weighted by Gasteiger charge is -2.32. The van der Waals surface area contributed by atoms with Crippen molar-refractivity contribution >= 4 is 11.8 Å². The molecule has 2 heterocycles. The van der Waals surface area contributed by atoms with Gasteiger partial charge in [-0.1, -0.05) is 30.3 Å². The molecule has 4 rings (SSSR count). The lowest BCUT2D eigenvalue weighted by atomic mass is 10.0. The minimum Gasteiger partial charge on any atom is -0.497 e. The van der Waals surface area contributed by atoms with Crippen LogP contribution in [0, 0.1) is 0 Å². The molecule has 1 aromatic heterocycles. The third-order valence-corrected chi connectivity index (χ3v) is 6.18. The highest BCUT2D eigenvalue weighted by Crippen LogP contribution is 2.23. The number of rotatable bonds is 9. The van der Waals surface area contributed by atoms with Crippen LogP contribution in [0.4, 0.5) is 0 Å². The van der Waals surface area contributed by atoms with E-state index in [1.54, 1.807) is 13.3 Å². The van der Waals surface area contributed by atoms with Gasteiger partial charge in [-0.2, -0.15) is 0 Å². The van der Waals surface area contributed by atoms with Crippen LogP contribution < -0.4 is 10.1 Å². The van der Waals surface area contributed by atoms with Gasteiger partial charge in [0, 0.05) is 44.0 Å². The van der Waals surface area contributed by atoms with Gasteiger partial charge in [-0.05, 0) is 49.1 Å². The number of ether oxygens (including phenoxy) is 1. The molecule has 1 aliphatic heterocycles. The molecule has 1 aliphatic rings. The van der Waals surface area contributed by atoms with Crippen LogP contribution in [0.25, 0.3) is 11.3 Å². The van der Waals surface area contributed by atoms with Crippen molar-refractivity contribution in [2.75, 3.05) is 20.2 Å². The summed E-state index contributed by atoms with van der Waals surface area (Å²) < 4.78 is 11.0. The molecule has 0 unspecified atom stereocenters. The summed E-state index contributed by atoms with van der Waals surface area (Å²) in [5.74, 6) is 2.18. The first-order chi connectivity index (χ1) is 16.6. The average molecular weight is 462 g/mol. The van der Waals surface area contributed by atoms with Crippen molar-refractivity contribution in [3.8, 4) is 17.1 Å². The molecule has 0 atom stereocenters. The number of hydrogen-bond acceptors (Lipinski definition) is 5. The Balaban J connectivity index is 1.17. The molecular formula is C27H31N3O4. The largest absolute Gasteiger partial charge is 0.497 e. The van der Waals surface area contributed by atoms with Gasteiger partial charge in [0.2, 0.25) is 11.8 Å². The number of aromatic nitrogens is 1. The van der Waals surface area contributed by atoms with E-state index in [4.69, 9.17) is 9.15 Å². The fraction of sp³-hybridized carbons (Fsp3) is 0.370. The number of nitrogens with one attached hydrogen (secondary N) is 1. The van der Waals surface area contributed by atoms with E-state index in [2.05, 4.69) is 10.3 Å². The van der Waals surface area contributed by atoms with Gasteiger partial charge >= 0.3 is 0 Å². The monoisotopic (exact) mass is 461 g/mol. The Morgan fingerprint density at radius 1 is 1.03 bits per heavy atom. The zero-order valence-electron chi connectivity index (χ0n) is 19.5. The second-order valence-corrected chi connectivity index (χ2v) is 8.55. The van der Waals surface area contributed by atoms with Gasteiger partial charge in [-0.25, -0.2) is 4.98 Å². The SMILES string of the molecule is COc1ccc(-c2cnc(CCC(=O)N3CCC(NC(=O)CCc4ccccc4)CC3)o2)cc1. The van der Waals surface area contributed by atoms with Gasteiger partial charge in [0.05, 0.1) is 13.3 Å². The van der Waals surface area contributed by atoms with Crippen molar-refractivity contribution in [1.82, 2.24) is 15.2 Å². The topological polar surface area (TPSA) is 84.7 Å². The standard InChI is InChI=1S/C27H31N3O4/c1-33-23-10-8-21(9-11-23)24-19-28-26(34-24)13-14-27(32)30-17-15-22(16-18-30)29-25(31)12-7-20-5-3-2-4-6-20/h2-6,8-11,19,22H,7,12-18H2,1H3,(H,29,31). The third-order valence-electron chi connectivity index (χ3n) is 6.18. The number of nitrogens with zero attached hydrogens (tertiary/aromatic N) is 2. The normalized spacial score (nSPS) is 14.1. The molecule has 0 saturated carbocycles. The number of piperidine rings is 1. The summed E-state index contributed by atoms with van der Waals surface area (Å²) in [6.45, 7) is 1.32. The molecular weight excluding hydrogens is 430 g/mol. The van der Waals surface area contributed by atoms with E-state index in [9.17, 15) is 9.59 Å². The first kappa shape index (κ1) is 23.5. The second-order valence-electron chi connectivity index (χ2n) is 8.55. The zero-order valence-corrected chi connectivity index (χ0v) is 19.5. The van der Waals surface area contributed by atoms with E-state index in [-0.39, 0.29) is 17.9 Å². The Labute approximate surface area is 200 Å². The summed E-state index contributed by atoms with van der Waals surface area (Å²) in [6.07, 6.45) is 5.30. The van der Waals surface area contributed by atoms with Gasteiger partial charge in [0.15, 0.2) is 11.7 Å². The summed E-state index contributed by atoms with van der Waals surface area (Å²) in [6, 6.07) is 17.7. The molecule has 34 heavy (non-hydrogen) atoms. The second kappa shape index (κ2) is 11.5. The molecule has 0 spiro atoms. The molecule has 0 aliphatic carbocycles. The highest BCUT2D eigenvalue weighted by molar-refractivity contribution is 5.77. The van der Waals surface area contributed by atoms with Crippen molar-refractivity contribution in [1.29, 1.82) is 0 Å². The van der Waals surface area contributed by atoms with E-state index in [0.717, 1.165) is 30.6 Å². The summed E-state index contributed by atoms with van der Waals surface area (Å²) >= 11 is 0. The van der Waals surface area contributed by atoms with Crippen molar-refractivity contribution in [3.63, 3.8) is 0 Å². The van der Waals surface area contributed by atoms with Crippen LogP contribution in [0.5, 0.6) is 5.75 Å². The number of aryl methyl sites for hydroxylation is 2. The third kappa shape index (κ3) is 6.47. The molecule has 3 aromatic rings. The number of likely N-dealkylation sites (tertiary alicyclic amines) is 1. The molecule has 7 nitrogen and oxygen atoms in total. The number of carbonyl (C=O) groups excluding carboxylic acids is 2. The van der Waals surface area contributed by atoms with E-state index in [0.29, 0.717) is 44.0 Å². The summed E-state index contributed by atoms with van der Waals surface area (Å²) in [4.78, 5) is 31.1. The first-order valence-corrected chi connectivity index (χ1v) is 11.8. The summed E-state index contributed by atoms with van der Waals surface area (Å²) in [7, 11) is 1.63. The van der Waals surface area contributed by atoms with Crippen molar-refractivity contribution in [3.05, 3.63) is 72.2 Å². The number of benzene rings is 2. The van der Waals surface area contributed by atoms with E-state index < -0.39 is 0 Å². The lowest BCUT2D eigenvalue weighted by Crippen LogP contribution is -2.46. The molecule has 2 amide bonds. The first-order valence-electron chi connectivity index (χ1n) is 11.8. The van der Waals surface area contributed by atoms with Crippen LogP contribution in [-0.2, 0) is 22.4 Å². The van der Waals surface area contributed by atoms with Gasteiger partial charge in [0.25, 0.3) is 0 Å². The Bertz CT molecular complexity index is 1070. The Kier molecular flexibility index (Phi) is 7.96. The van der Waals surface area contributed by atoms with Crippen LogP contribution in [0.1, 0.15) is 37.1 Å². The van der Waals surface area contributed by atoms with Crippen molar-refractivity contribution in [2.45, 2.75) is 44.6 Å². The zero-order chi connectivity index (χ0) is 23.8. The molecule has 0 radical (unpaired) electrons. The van der Waals surface area contributed by atoms with Gasteiger partial charge < -0.3 is 19.4 Å². The molecule has 1 saturated heterocycles. The number of hydrogen-bond donors (Lipinski definition) is 1. The van der Waals surface area contributed by atoms with E-state index in [1.807, 2.05) is 59.5 Å². The molecule has 7 heteroatoms. The number of methoxy groups -OCH3 is 1. The minimum atomic E-state index is 0.0742. The number of amides is 2. The predicted octanol–water partition coefficient (Wildman–Crippen LogP) is 4.02. The fourth-order valence-electron chi connectivity index (χ4n) is 4.16. The molecule has 2 aromatic carbocycles. The fourth-order valence-corrected chi connectivity index (χ4v) is 4.16. The molecule has 1 N–H and O–H groups in total. The highest BCUT2D eigenvalue weighted by atomic mass is 16.5. The van der Waals surface area contributed by atoms with E-state index in [1.165, 1.54) is 5.56 Å². The van der Waals surface area contributed by atoms with Gasteiger partial charge in [0.1, 0.15) is 5.75 Å². The van der Waals surface area contributed by atoms with Crippen LogP contribution >= 0.6 is 0 Å². The number of oxazole rings is 1. The van der Waals surface area contributed by atoms with Gasteiger partial charge in [-0.3, -0.25) is 9.59 Å². The quantitative estimate of drug-likeness (QED) is 0.520. The smallest absolute Gasteiger partial charge is 0.223 e. The van der Waals surface area contributed by atoms with Crippen LogP contribution in [0.3, 0.4) is 0 Å². The minimum absolute atomic E-state index is 0.0742. The average Bonchev–Trinajstić information content (AvgIpc) is 3.36. The summed E-state index contributed by atoms with van der Waals surface area (Å²) in [5, 5.41) is 3.12. The maximum Gasteiger partial charge on any atom is 0.223 e.